The average molecular weight is 452 g/mol. The first-order valence-corrected chi connectivity index (χ1v) is 10.9. The number of aliphatic hydroxyl groups excluding tert-OH is 1. The summed E-state index contributed by atoms with van der Waals surface area (Å²) < 4.78 is 0. The van der Waals surface area contributed by atoms with Crippen molar-refractivity contribution >= 4 is 11.9 Å². The Hall–Kier alpha value is -3.59. The molecule has 1 unspecified atom stereocenters. The lowest BCUT2D eigenvalue weighted by molar-refractivity contribution is -0.153. The molecule has 9 nitrogen and oxygen atoms in total. The molecule has 3 N–H and O–H groups in total. The van der Waals surface area contributed by atoms with Crippen LogP contribution in [0.1, 0.15) is 39.2 Å². The second kappa shape index (κ2) is 10.8. The summed E-state index contributed by atoms with van der Waals surface area (Å²) in [5.41, 5.74) is 3.51. The quantitative estimate of drug-likeness (QED) is 0.431. The molecule has 1 aromatic heterocycles. The summed E-state index contributed by atoms with van der Waals surface area (Å²) in [5.74, 6) is -1.10. The summed E-state index contributed by atoms with van der Waals surface area (Å²) in [6.45, 7) is 5.35. The highest BCUT2D eigenvalue weighted by Crippen LogP contribution is 2.30. The Bertz CT molecular complexity index is 1060. The fraction of sp³-hybridized carbons (Fsp3) is 0.375. The van der Waals surface area contributed by atoms with E-state index in [4.69, 9.17) is 0 Å². The zero-order chi connectivity index (χ0) is 24.0. The van der Waals surface area contributed by atoms with Crippen LogP contribution in [0, 0.1) is 5.92 Å². The van der Waals surface area contributed by atoms with E-state index in [1.807, 2.05) is 48.5 Å². The first-order valence-electron chi connectivity index (χ1n) is 10.9. The molecule has 3 rings (SSSR count). The molecule has 1 amide bonds. The van der Waals surface area contributed by atoms with E-state index in [1.165, 1.54) is 4.90 Å². The van der Waals surface area contributed by atoms with E-state index < -0.39 is 18.1 Å². The number of nitrogens with zero attached hydrogens (tertiary/aromatic N) is 4. The van der Waals surface area contributed by atoms with Crippen LogP contribution in [0.3, 0.4) is 0 Å². The van der Waals surface area contributed by atoms with Crippen molar-refractivity contribution in [3.63, 3.8) is 0 Å². The normalized spacial score (nSPS) is 13.0. The molecule has 0 saturated heterocycles. The van der Waals surface area contributed by atoms with Gasteiger partial charge in [0.25, 0.3) is 0 Å². The Morgan fingerprint density at radius 2 is 1.70 bits per heavy atom. The minimum atomic E-state index is -1.04. The number of carbonyl (C=O) groups excluding carboxylic acids is 1. The number of benzene rings is 2. The molecule has 0 aliphatic heterocycles. The van der Waals surface area contributed by atoms with Crippen molar-refractivity contribution in [3.8, 4) is 22.5 Å². The average Bonchev–Trinajstić information content (AvgIpc) is 3.32. The summed E-state index contributed by atoms with van der Waals surface area (Å²) in [4.78, 5) is 26.2. The fourth-order valence-electron chi connectivity index (χ4n) is 3.79. The van der Waals surface area contributed by atoms with E-state index in [2.05, 4.69) is 20.6 Å². The number of carboxylic acid groups (broad SMARTS) is 1. The Labute approximate surface area is 192 Å². The number of hydrogen-bond acceptors (Lipinski definition) is 6. The van der Waals surface area contributed by atoms with Crippen molar-refractivity contribution in [3.05, 3.63) is 54.1 Å². The van der Waals surface area contributed by atoms with E-state index in [-0.39, 0.29) is 31.2 Å². The number of aromatic nitrogens is 4. The van der Waals surface area contributed by atoms with E-state index in [0.29, 0.717) is 5.82 Å². The number of aromatic amines is 1. The maximum Gasteiger partial charge on any atom is 0.326 e. The summed E-state index contributed by atoms with van der Waals surface area (Å²) in [6, 6.07) is 14.4. The van der Waals surface area contributed by atoms with Crippen LogP contribution in [0.2, 0.25) is 0 Å². The lowest BCUT2D eigenvalue weighted by Crippen LogP contribution is -2.47. The van der Waals surface area contributed by atoms with Crippen molar-refractivity contribution in [2.24, 2.45) is 5.92 Å². The van der Waals surface area contributed by atoms with Gasteiger partial charge < -0.3 is 15.1 Å². The molecule has 1 heterocycles. The standard InChI is InChI=1S/C24H29N5O4/c1-15(2)22(24(32)33)29(21(31)13-8-16(3)30)14-17-9-11-18(12-10-17)19-6-4-5-7-20(19)23-25-27-28-26-23/h4-7,9-12,15-16,22,30H,8,13-14H2,1-3H3,(H,32,33)(H,25,26,27,28)/t16-,22?/m0/s1. The van der Waals surface area contributed by atoms with Crippen LogP contribution in [-0.4, -0.2) is 59.8 Å². The monoisotopic (exact) mass is 451 g/mol. The Kier molecular flexibility index (Phi) is 7.89. The van der Waals surface area contributed by atoms with Gasteiger partial charge in [0, 0.05) is 18.5 Å². The zero-order valence-corrected chi connectivity index (χ0v) is 19.0. The van der Waals surface area contributed by atoms with Gasteiger partial charge in [0.1, 0.15) is 6.04 Å². The van der Waals surface area contributed by atoms with Crippen LogP contribution in [0.4, 0.5) is 0 Å². The van der Waals surface area contributed by atoms with Crippen LogP contribution in [0.15, 0.2) is 48.5 Å². The number of carbonyl (C=O) groups is 2. The Balaban J connectivity index is 1.87. The minimum Gasteiger partial charge on any atom is -0.480 e. The SMILES string of the molecule is CC(C)C(C(=O)O)N(Cc1ccc(-c2ccccc2-c2nn[nH]n2)cc1)C(=O)CC[C@H](C)O. The maximum absolute atomic E-state index is 12.9. The van der Waals surface area contributed by atoms with Crippen LogP contribution >= 0.6 is 0 Å². The van der Waals surface area contributed by atoms with E-state index >= 15 is 0 Å². The highest BCUT2D eigenvalue weighted by Gasteiger charge is 2.32. The van der Waals surface area contributed by atoms with Gasteiger partial charge in [-0.1, -0.05) is 62.4 Å². The minimum absolute atomic E-state index is 0.0876. The molecule has 174 valence electrons. The number of tetrazole rings is 1. The summed E-state index contributed by atoms with van der Waals surface area (Å²) in [7, 11) is 0. The summed E-state index contributed by atoms with van der Waals surface area (Å²) in [5, 5.41) is 33.6. The molecule has 3 aromatic rings. The van der Waals surface area contributed by atoms with Gasteiger partial charge in [-0.05, 0) is 41.2 Å². The smallest absolute Gasteiger partial charge is 0.326 e. The Morgan fingerprint density at radius 3 is 2.24 bits per heavy atom. The predicted molar refractivity (Wildman–Crippen MR) is 123 cm³/mol. The first-order chi connectivity index (χ1) is 15.8. The van der Waals surface area contributed by atoms with Crippen LogP contribution in [0.5, 0.6) is 0 Å². The molecule has 0 spiro atoms. The molecule has 2 aromatic carbocycles. The number of hydrogen-bond donors (Lipinski definition) is 3. The lowest BCUT2D eigenvalue weighted by atomic mass is 9.97. The van der Waals surface area contributed by atoms with E-state index in [1.54, 1.807) is 20.8 Å². The van der Waals surface area contributed by atoms with Gasteiger partial charge in [-0.15, -0.1) is 10.2 Å². The van der Waals surface area contributed by atoms with Crippen molar-refractivity contribution in [2.45, 2.75) is 52.3 Å². The number of rotatable bonds is 10. The third kappa shape index (κ3) is 6.01. The zero-order valence-electron chi connectivity index (χ0n) is 19.0. The molecule has 33 heavy (non-hydrogen) atoms. The number of aliphatic hydroxyl groups is 1. The predicted octanol–water partition coefficient (Wildman–Crippen LogP) is 3.13. The van der Waals surface area contributed by atoms with E-state index in [9.17, 15) is 19.8 Å². The van der Waals surface area contributed by atoms with Crippen molar-refractivity contribution in [1.29, 1.82) is 0 Å². The van der Waals surface area contributed by atoms with Gasteiger partial charge in [0.15, 0.2) is 0 Å². The highest BCUT2D eigenvalue weighted by molar-refractivity contribution is 5.84. The molecular formula is C24H29N5O4. The van der Waals surface area contributed by atoms with Crippen LogP contribution in [-0.2, 0) is 16.1 Å². The third-order valence-corrected chi connectivity index (χ3v) is 5.45. The maximum atomic E-state index is 12.9. The Morgan fingerprint density at radius 1 is 1.03 bits per heavy atom. The fourth-order valence-corrected chi connectivity index (χ4v) is 3.79. The van der Waals surface area contributed by atoms with Gasteiger partial charge in [-0.2, -0.15) is 5.21 Å². The molecule has 0 saturated carbocycles. The van der Waals surface area contributed by atoms with Crippen molar-refractivity contribution in [2.75, 3.05) is 0 Å². The summed E-state index contributed by atoms with van der Waals surface area (Å²) in [6.07, 6.45) is -0.257. The van der Waals surface area contributed by atoms with Gasteiger partial charge in [0.05, 0.1) is 6.10 Å². The van der Waals surface area contributed by atoms with Gasteiger partial charge in [-0.25, -0.2) is 4.79 Å². The van der Waals surface area contributed by atoms with Crippen LogP contribution < -0.4 is 0 Å². The highest BCUT2D eigenvalue weighted by atomic mass is 16.4. The number of nitrogens with one attached hydrogen (secondary N) is 1. The molecular weight excluding hydrogens is 422 g/mol. The number of H-pyrrole nitrogens is 1. The first kappa shape index (κ1) is 24.1. The van der Waals surface area contributed by atoms with Gasteiger partial charge in [0.2, 0.25) is 11.7 Å². The molecule has 0 aliphatic rings. The lowest BCUT2D eigenvalue weighted by Gasteiger charge is -2.32. The molecule has 9 heteroatoms. The van der Waals surface area contributed by atoms with Crippen molar-refractivity contribution in [1.82, 2.24) is 25.5 Å². The number of amides is 1. The molecule has 2 atom stereocenters. The largest absolute Gasteiger partial charge is 0.480 e. The third-order valence-electron chi connectivity index (χ3n) is 5.45. The molecule has 0 aliphatic carbocycles. The van der Waals surface area contributed by atoms with E-state index in [0.717, 1.165) is 22.3 Å². The van der Waals surface area contributed by atoms with Gasteiger partial charge >= 0.3 is 5.97 Å². The second-order valence-electron chi connectivity index (χ2n) is 8.41. The number of carboxylic acids is 1. The second-order valence-corrected chi connectivity index (χ2v) is 8.41. The van der Waals surface area contributed by atoms with Crippen LogP contribution in [0.25, 0.3) is 22.5 Å². The summed E-state index contributed by atoms with van der Waals surface area (Å²) >= 11 is 0. The van der Waals surface area contributed by atoms with Gasteiger partial charge in [-0.3, -0.25) is 4.79 Å². The molecule has 0 fully saturated rings. The molecule has 0 bridgehead atoms. The molecule has 0 radical (unpaired) electrons. The van der Waals surface area contributed by atoms with Crippen molar-refractivity contribution < 1.29 is 19.8 Å². The topological polar surface area (TPSA) is 132 Å². The number of aliphatic carboxylic acids is 1.